The summed E-state index contributed by atoms with van der Waals surface area (Å²) in [7, 11) is 0. The van der Waals surface area contributed by atoms with Crippen LogP contribution in [0.5, 0.6) is 0 Å². The van der Waals surface area contributed by atoms with Gasteiger partial charge in [-0.2, -0.15) is 0 Å². The van der Waals surface area contributed by atoms with Crippen LogP contribution in [0.25, 0.3) is 21.3 Å². The normalized spacial score (nSPS) is 15.3. The van der Waals surface area contributed by atoms with Crippen LogP contribution in [0.3, 0.4) is 0 Å². The van der Waals surface area contributed by atoms with Crippen LogP contribution >= 0.6 is 11.3 Å². The maximum atomic E-state index is 12.8. The van der Waals surface area contributed by atoms with E-state index in [0.29, 0.717) is 0 Å². The number of ketones is 1. The topological polar surface area (TPSA) is 52.1 Å². The third kappa shape index (κ3) is 3.81. The molecule has 3 aromatic rings. The minimum Gasteiger partial charge on any atom is -0.360 e. The minimum absolute atomic E-state index is 0.000987. The molecular weight excluding hydrogens is 392 g/mol. The van der Waals surface area contributed by atoms with Gasteiger partial charge in [0.15, 0.2) is 5.78 Å². The Kier molecular flexibility index (Phi) is 5.54. The molecule has 0 saturated carbocycles. The van der Waals surface area contributed by atoms with Crippen molar-refractivity contribution in [1.82, 2.24) is 9.97 Å². The standard InChI is InChI=1S/C25H30N2O2S/c1-14-11-12-26-13-18(14)21-20(23(16(3)28)29-25(4,5)6)15(2)27-24-22(21)17-9-7-8-10-19(17)30-24/h11-13,23H,7-10H2,1-6H3. The third-order valence-electron chi connectivity index (χ3n) is 5.74. The Bertz CT molecular complexity index is 1120. The molecule has 0 bridgehead atoms. The van der Waals surface area contributed by atoms with E-state index in [1.54, 1.807) is 6.92 Å². The average Bonchev–Trinajstić information content (AvgIpc) is 3.03. The molecule has 0 aliphatic heterocycles. The Labute approximate surface area is 182 Å². The SMILES string of the molecule is CC(=O)C(OC(C)(C)C)c1c(C)nc2sc3c(c2c1-c1cnccc1C)CCCC3. The number of nitrogens with zero attached hydrogens (tertiary/aromatic N) is 2. The molecule has 30 heavy (non-hydrogen) atoms. The first-order valence-electron chi connectivity index (χ1n) is 10.7. The molecule has 0 N–H and O–H groups in total. The molecule has 0 saturated heterocycles. The van der Waals surface area contributed by atoms with Crippen molar-refractivity contribution < 1.29 is 9.53 Å². The van der Waals surface area contributed by atoms with Crippen LogP contribution in [-0.4, -0.2) is 21.4 Å². The summed E-state index contributed by atoms with van der Waals surface area (Å²) in [6, 6.07) is 2.03. The number of hydrogen-bond acceptors (Lipinski definition) is 5. The quantitative estimate of drug-likeness (QED) is 0.495. The van der Waals surface area contributed by atoms with E-state index in [2.05, 4.69) is 11.9 Å². The van der Waals surface area contributed by atoms with Gasteiger partial charge in [0, 0.05) is 45.0 Å². The predicted octanol–water partition coefficient (Wildman–Crippen LogP) is 6.30. The lowest BCUT2D eigenvalue weighted by Gasteiger charge is -2.29. The molecule has 0 amide bonds. The van der Waals surface area contributed by atoms with Crippen LogP contribution in [0.1, 0.15) is 73.9 Å². The Morgan fingerprint density at radius 2 is 1.93 bits per heavy atom. The summed E-state index contributed by atoms with van der Waals surface area (Å²) in [4.78, 5) is 24.8. The highest BCUT2D eigenvalue weighted by atomic mass is 32.1. The van der Waals surface area contributed by atoms with Gasteiger partial charge in [-0.15, -0.1) is 11.3 Å². The number of thiophene rings is 1. The fraction of sp³-hybridized carbons (Fsp3) is 0.480. The molecule has 0 aromatic carbocycles. The molecule has 1 atom stereocenters. The van der Waals surface area contributed by atoms with E-state index in [9.17, 15) is 4.79 Å². The number of rotatable bonds is 4. The second-order valence-electron chi connectivity index (χ2n) is 9.29. The maximum Gasteiger partial charge on any atom is 0.163 e. The molecule has 1 aliphatic rings. The second-order valence-corrected chi connectivity index (χ2v) is 10.4. The van der Waals surface area contributed by atoms with Crippen molar-refractivity contribution in [3.05, 3.63) is 45.7 Å². The number of aromatic nitrogens is 2. The Balaban J connectivity index is 2.11. The molecule has 158 valence electrons. The van der Waals surface area contributed by atoms with Gasteiger partial charge in [0.2, 0.25) is 0 Å². The smallest absolute Gasteiger partial charge is 0.163 e. The number of hydrogen-bond donors (Lipinski definition) is 0. The first-order chi connectivity index (χ1) is 14.2. The highest BCUT2D eigenvalue weighted by Gasteiger charge is 2.32. The van der Waals surface area contributed by atoms with Gasteiger partial charge in [-0.3, -0.25) is 9.78 Å². The van der Waals surface area contributed by atoms with E-state index in [1.807, 2.05) is 57.5 Å². The highest BCUT2D eigenvalue weighted by Crippen LogP contribution is 2.46. The summed E-state index contributed by atoms with van der Waals surface area (Å²) in [6.45, 7) is 11.7. The van der Waals surface area contributed by atoms with Crippen molar-refractivity contribution in [1.29, 1.82) is 0 Å². The maximum absolute atomic E-state index is 12.8. The third-order valence-corrected chi connectivity index (χ3v) is 6.93. The first-order valence-corrected chi connectivity index (χ1v) is 11.5. The molecule has 3 aromatic heterocycles. The van der Waals surface area contributed by atoms with Gasteiger partial charge >= 0.3 is 0 Å². The average molecular weight is 423 g/mol. The zero-order chi connectivity index (χ0) is 21.6. The van der Waals surface area contributed by atoms with Crippen molar-refractivity contribution in [3.8, 4) is 11.1 Å². The number of carbonyl (C=O) groups is 1. The molecule has 4 rings (SSSR count). The number of fused-ring (bicyclic) bond motifs is 3. The number of aryl methyl sites for hydroxylation is 4. The fourth-order valence-electron chi connectivity index (χ4n) is 4.44. The first kappa shape index (κ1) is 21.1. The van der Waals surface area contributed by atoms with Crippen LogP contribution in [0.4, 0.5) is 0 Å². The van der Waals surface area contributed by atoms with Crippen LogP contribution in [0.2, 0.25) is 0 Å². The number of Topliss-reactive ketones (excluding diaryl/α,β-unsaturated/α-hetero) is 1. The van der Waals surface area contributed by atoms with Crippen LogP contribution < -0.4 is 0 Å². The van der Waals surface area contributed by atoms with Gasteiger partial charge < -0.3 is 4.74 Å². The molecular formula is C25H30N2O2S. The van der Waals surface area contributed by atoms with Crippen molar-refractivity contribution in [2.75, 3.05) is 0 Å². The summed E-state index contributed by atoms with van der Waals surface area (Å²) in [5.41, 5.74) is 6.02. The molecule has 4 nitrogen and oxygen atoms in total. The number of carbonyl (C=O) groups excluding carboxylic acids is 1. The van der Waals surface area contributed by atoms with E-state index in [-0.39, 0.29) is 5.78 Å². The zero-order valence-electron chi connectivity index (χ0n) is 18.8. The van der Waals surface area contributed by atoms with Crippen LogP contribution in [-0.2, 0) is 22.4 Å². The van der Waals surface area contributed by atoms with Crippen molar-refractivity contribution >= 4 is 27.3 Å². The molecule has 5 heteroatoms. The summed E-state index contributed by atoms with van der Waals surface area (Å²) in [5, 5.41) is 1.20. The van der Waals surface area contributed by atoms with E-state index in [1.165, 1.54) is 28.7 Å². The summed E-state index contributed by atoms with van der Waals surface area (Å²) in [6.07, 6.45) is 7.70. The van der Waals surface area contributed by atoms with Crippen molar-refractivity contribution in [3.63, 3.8) is 0 Å². The van der Waals surface area contributed by atoms with Crippen molar-refractivity contribution in [2.45, 2.75) is 78.9 Å². The van der Waals surface area contributed by atoms with Crippen molar-refractivity contribution in [2.24, 2.45) is 0 Å². The molecule has 0 fully saturated rings. The lowest BCUT2D eigenvalue weighted by molar-refractivity contribution is -0.138. The van der Waals surface area contributed by atoms with Gasteiger partial charge in [0.05, 0.1) is 5.60 Å². The molecule has 3 heterocycles. The largest absolute Gasteiger partial charge is 0.360 e. The van der Waals surface area contributed by atoms with Gasteiger partial charge in [-0.1, -0.05) is 0 Å². The molecule has 0 radical (unpaired) electrons. The highest BCUT2D eigenvalue weighted by molar-refractivity contribution is 7.19. The van der Waals surface area contributed by atoms with Gasteiger partial charge in [0.25, 0.3) is 0 Å². The minimum atomic E-state index is -0.657. The lowest BCUT2D eigenvalue weighted by atomic mass is 9.86. The second kappa shape index (κ2) is 7.86. The van der Waals surface area contributed by atoms with E-state index >= 15 is 0 Å². The lowest BCUT2D eigenvalue weighted by Crippen LogP contribution is -2.27. The predicted molar refractivity (Wildman–Crippen MR) is 123 cm³/mol. The summed E-state index contributed by atoms with van der Waals surface area (Å²) < 4.78 is 6.33. The summed E-state index contributed by atoms with van der Waals surface area (Å²) in [5.74, 6) is 0.000987. The van der Waals surface area contributed by atoms with Gasteiger partial charge in [-0.05, 0) is 84.4 Å². The van der Waals surface area contributed by atoms with E-state index in [0.717, 1.165) is 45.6 Å². The van der Waals surface area contributed by atoms with Gasteiger partial charge in [0.1, 0.15) is 10.9 Å². The monoisotopic (exact) mass is 422 g/mol. The summed E-state index contributed by atoms with van der Waals surface area (Å²) >= 11 is 1.81. The Morgan fingerprint density at radius 1 is 1.20 bits per heavy atom. The van der Waals surface area contributed by atoms with E-state index in [4.69, 9.17) is 9.72 Å². The number of pyridine rings is 2. The Hall–Kier alpha value is -2.11. The molecule has 1 unspecified atom stereocenters. The zero-order valence-corrected chi connectivity index (χ0v) is 19.6. The number of ether oxygens (including phenoxy) is 1. The van der Waals surface area contributed by atoms with E-state index < -0.39 is 11.7 Å². The molecule has 1 aliphatic carbocycles. The molecule has 0 spiro atoms. The fourth-order valence-corrected chi connectivity index (χ4v) is 5.76. The van der Waals surface area contributed by atoms with Gasteiger partial charge in [-0.25, -0.2) is 4.98 Å². The Morgan fingerprint density at radius 3 is 2.60 bits per heavy atom. The van der Waals surface area contributed by atoms with Crippen LogP contribution in [0.15, 0.2) is 18.5 Å². The van der Waals surface area contributed by atoms with Crippen LogP contribution in [0, 0.1) is 13.8 Å².